The van der Waals surface area contributed by atoms with Crippen LogP contribution in [0.15, 0.2) is 46.0 Å². The van der Waals surface area contributed by atoms with Crippen LogP contribution in [0, 0.1) is 0 Å². The number of ketones is 1. The summed E-state index contributed by atoms with van der Waals surface area (Å²) in [5, 5.41) is 4.00. The molecule has 0 saturated heterocycles. The molecule has 4 nitrogen and oxygen atoms in total. The van der Waals surface area contributed by atoms with Gasteiger partial charge < -0.3 is 0 Å². The number of nitrogens with one attached hydrogen (secondary N) is 1. The monoisotopic (exact) mass is 337 g/mol. The molecule has 118 valence electrons. The topological polar surface area (TPSA) is 63.2 Å². The molecule has 1 heterocycles. The lowest BCUT2D eigenvalue weighted by atomic mass is 9.87. The third-order valence-electron chi connectivity index (χ3n) is 3.58. The lowest BCUT2D eigenvalue weighted by Gasteiger charge is -2.24. The van der Waals surface area contributed by atoms with Crippen LogP contribution in [0.5, 0.6) is 0 Å². The number of hydrogen-bond donors (Lipinski definition) is 1. The van der Waals surface area contributed by atoms with Crippen LogP contribution in [0.25, 0.3) is 0 Å². The van der Waals surface area contributed by atoms with E-state index in [1.807, 2.05) is 30.7 Å². The van der Waals surface area contributed by atoms with Crippen molar-refractivity contribution in [2.45, 2.75) is 31.1 Å². The van der Waals surface area contributed by atoms with Crippen molar-refractivity contribution in [1.29, 1.82) is 0 Å². The Balaban J connectivity index is 2.13. The second kappa shape index (κ2) is 6.32. The zero-order valence-corrected chi connectivity index (χ0v) is 14.4. The van der Waals surface area contributed by atoms with Crippen molar-refractivity contribution in [2.24, 2.45) is 0 Å². The van der Waals surface area contributed by atoms with E-state index in [0.717, 1.165) is 5.56 Å². The summed E-state index contributed by atoms with van der Waals surface area (Å²) in [6.07, 6.45) is 0. The molecule has 0 bridgehead atoms. The van der Waals surface area contributed by atoms with E-state index in [0.29, 0.717) is 12.1 Å². The molecule has 0 fully saturated rings. The summed E-state index contributed by atoms with van der Waals surface area (Å²) in [6, 6.07) is 7.97. The highest BCUT2D eigenvalue weighted by atomic mass is 32.2. The molecule has 0 aliphatic rings. The summed E-state index contributed by atoms with van der Waals surface area (Å²) >= 11 is 1.59. The molecule has 22 heavy (non-hydrogen) atoms. The largest absolute Gasteiger partial charge is 0.295 e. The summed E-state index contributed by atoms with van der Waals surface area (Å²) in [5.41, 5.74) is 1.32. The third kappa shape index (κ3) is 3.82. The first-order valence-electron chi connectivity index (χ1n) is 6.86. The van der Waals surface area contributed by atoms with E-state index in [9.17, 15) is 13.2 Å². The molecule has 0 radical (unpaired) electrons. The van der Waals surface area contributed by atoms with Crippen molar-refractivity contribution in [3.05, 3.63) is 52.2 Å². The molecule has 0 unspecified atom stereocenters. The lowest BCUT2D eigenvalue weighted by Crippen LogP contribution is -2.36. The molecule has 0 atom stereocenters. The SMILES string of the molecule is CC(=O)c1ccc(S(=O)(=O)NCC(C)(C)c2ccsc2)cc1. The fraction of sp³-hybridized carbons (Fsp3) is 0.312. The number of hydrogen-bond acceptors (Lipinski definition) is 4. The number of benzene rings is 1. The van der Waals surface area contributed by atoms with Gasteiger partial charge in [-0.2, -0.15) is 11.3 Å². The molecule has 2 aromatic rings. The van der Waals surface area contributed by atoms with Crippen LogP contribution in [0.1, 0.15) is 36.7 Å². The Labute approximate surface area is 135 Å². The number of sulfonamides is 1. The molecule has 0 saturated carbocycles. The predicted molar refractivity (Wildman–Crippen MR) is 89.0 cm³/mol. The Bertz CT molecular complexity index is 745. The predicted octanol–water partition coefficient (Wildman–Crippen LogP) is 3.21. The number of Topliss-reactive ketones (excluding diaryl/α,β-unsaturated/α-hetero) is 1. The molecule has 1 aromatic carbocycles. The zero-order chi connectivity index (χ0) is 16.4. The highest BCUT2D eigenvalue weighted by molar-refractivity contribution is 7.89. The van der Waals surface area contributed by atoms with E-state index < -0.39 is 10.0 Å². The van der Waals surface area contributed by atoms with Crippen molar-refractivity contribution >= 4 is 27.1 Å². The number of thiophene rings is 1. The van der Waals surface area contributed by atoms with Crippen LogP contribution < -0.4 is 4.72 Å². The third-order valence-corrected chi connectivity index (χ3v) is 5.68. The van der Waals surface area contributed by atoms with Gasteiger partial charge in [0, 0.05) is 17.5 Å². The fourth-order valence-corrected chi connectivity index (χ4v) is 4.04. The average Bonchev–Trinajstić information content (AvgIpc) is 3.00. The van der Waals surface area contributed by atoms with Crippen LogP contribution in [0.3, 0.4) is 0 Å². The maximum Gasteiger partial charge on any atom is 0.240 e. The molecule has 1 N–H and O–H groups in total. The standard InChI is InChI=1S/C16H19NO3S2/c1-12(18)13-4-6-15(7-5-13)22(19,20)17-11-16(2,3)14-8-9-21-10-14/h4-10,17H,11H2,1-3H3. The maximum atomic E-state index is 12.3. The van der Waals surface area contributed by atoms with Gasteiger partial charge in [0.1, 0.15) is 0 Å². The smallest absolute Gasteiger partial charge is 0.240 e. The van der Waals surface area contributed by atoms with Crippen LogP contribution >= 0.6 is 11.3 Å². The molecule has 0 spiro atoms. The van der Waals surface area contributed by atoms with Crippen LogP contribution in [0.4, 0.5) is 0 Å². The van der Waals surface area contributed by atoms with Gasteiger partial charge in [-0.25, -0.2) is 13.1 Å². The first-order chi connectivity index (χ1) is 10.2. The van der Waals surface area contributed by atoms with Gasteiger partial charge in [-0.3, -0.25) is 4.79 Å². The van der Waals surface area contributed by atoms with Gasteiger partial charge in [0.2, 0.25) is 10.0 Å². The van der Waals surface area contributed by atoms with Gasteiger partial charge in [0.15, 0.2) is 5.78 Å². The van der Waals surface area contributed by atoms with Gasteiger partial charge in [0.25, 0.3) is 0 Å². The molecular formula is C16H19NO3S2. The summed E-state index contributed by atoms with van der Waals surface area (Å²) in [7, 11) is -3.58. The first-order valence-corrected chi connectivity index (χ1v) is 9.28. The summed E-state index contributed by atoms with van der Waals surface area (Å²) in [4.78, 5) is 11.4. The number of carbonyl (C=O) groups excluding carboxylic acids is 1. The van der Waals surface area contributed by atoms with E-state index in [-0.39, 0.29) is 16.1 Å². The number of rotatable bonds is 6. The van der Waals surface area contributed by atoms with Gasteiger partial charge in [-0.05, 0) is 41.4 Å². The minimum Gasteiger partial charge on any atom is -0.295 e. The Morgan fingerprint density at radius 2 is 1.82 bits per heavy atom. The van der Waals surface area contributed by atoms with Crippen molar-refractivity contribution in [3.63, 3.8) is 0 Å². The van der Waals surface area contributed by atoms with Crippen LogP contribution in [-0.4, -0.2) is 20.7 Å². The molecule has 6 heteroatoms. The Morgan fingerprint density at radius 1 is 1.18 bits per heavy atom. The molecule has 2 rings (SSSR count). The molecule has 0 aliphatic heterocycles. The van der Waals surface area contributed by atoms with Crippen LogP contribution in [0.2, 0.25) is 0 Å². The maximum absolute atomic E-state index is 12.3. The summed E-state index contributed by atoms with van der Waals surface area (Å²) < 4.78 is 27.3. The van der Waals surface area contributed by atoms with Crippen molar-refractivity contribution in [1.82, 2.24) is 4.72 Å². The minimum absolute atomic E-state index is 0.0875. The van der Waals surface area contributed by atoms with Gasteiger partial charge >= 0.3 is 0 Å². The van der Waals surface area contributed by atoms with Gasteiger partial charge in [-0.1, -0.05) is 26.0 Å². The Morgan fingerprint density at radius 3 is 2.32 bits per heavy atom. The zero-order valence-electron chi connectivity index (χ0n) is 12.8. The fourth-order valence-electron chi connectivity index (χ4n) is 1.98. The van der Waals surface area contributed by atoms with E-state index in [4.69, 9.17) is 0 Å². The highest BCUT2D eigenvalue weighted by Gasteiger charge is 2.24. The van der Waals surface area contributed by atoms with Gasteiger partial charge in [-0.15, -0.1) is 0 Å². The van der Waals surface area contributed by atoms with E-state index in [1.54, 1.807) is 11.3 Å². The van der Waals surface area contributed by atoms with Crippen molar-refractivity contribution < 1.29 is 13.2 Å². The van der Waals surface area contributed by atoms with Crippen molar-refractivity contribution in [2.75, 3.05) is 6.54 Å². The second-order valence-corrected chi connectivity index (χ2v) is 8.35. The molecular weight excluding hydrogens is 318 g/mol. The first kappa shape index (κ1) is 16.9. The quantitative estimate of drug-likeness (QED) is 0.823. The molecule has 1 aromatic heterocycles. The Kier molecular flexibility index (Phi) is 4.84. The van der Waals surface area contributed by atoms with E-state index in [1.165, 1.54) is 31.2 Å². The average molecular weight is 337 g/mol. The lowest BCUT2D eigenvalue weighted by molar-refractivity contribution is 0.101. The summed E-state index contributed by atoms with van der Waals surface area (Å²) in [5.74, 6) is -0.0875. The number of carbonyl (C=O) groups is 1. The highest BCUT2D eigenvalue weighted by Crippen LogP contribution is 2.25. The Hall–Kier alpha value is -1.50. The van der Waals surface area contributed by atoms with E-state index in [2.05, 4.69) is 4.72 Å². The molecule has 0 amide bonds. The normalized spacial score (nSPS) is 12.3. The second-order valence-electron chi connectivity index (χ2n) is 5.80. The van der Waals surface area contributed by atoms with Crippen LogP contribution in [-0.2, 0) is 15.4 Å². The van der Waals surface area contributed by atoms with Crippen molar-refractivity contribution in [3.8, 4) is 0 Å². The van der Waals surface area contributed by atoms with E-state index >= 15 is 0 Å². The molecule has 0 aliphatic carbocycles. The summed E-state index contributed by atoms with van der Waals surface area (Å²) in [6.45, 7) is 5.75. The van der Waals surface area contributed by atoms with Gasteiger partial charge in [0.05, 0.1) is 4.90 Å². The minimum atomic E-state index is -3.58.